The lowest BCUT2D eigenvalue weighted by Gasteiger charge is -2.18. The SMILES string of the molecule is Cc1noc(C)c1[C@H](C)CN[C@H](C)c1ccc([S@](C)=O)cc1. The first-order valence-corrected chi connectivity index (χ1v) is 9.05. The summed E-state index contributed by atoms with van der Waals surface area (Å²) in [6.07, 6.45) is 1.70. The van der Waals surface area contributed by atoms with E-state index >= 15 is 0 Å². The van der Waals surface area contributed by atoms with Crippen LogP contribution in [0, 0.1) is 13.8 Å². The number of aromatic nitrogens is 1. The molecule has 120 valence electrons. The first kappa shape index (κ1) is 16.9. The van der Waals surface area contributed by atoms with E-state index in [0.29, 0.717) is 5.92 Å². The molecule has 2 aromatic rings. The van der Waals surface area contributed by atoms with Gasteiger partial charge in [-0.15, -0.1) is 0 Å². The third-order valence-corrected chi connectivity index (χ3v) is 4.96. The topological polar surface area (TPSA) is 55.1 Å². The molecule has 0 fully saturated rings. The van der Waals surface area contributed by atoms with E-state index in [2.05, 4.69) is 24.3 Å². The van der Waals surface area contributed by atoms with Gasteiger partial charge in [0.25, 0.3) is 0 Å². The zero-order valence-corrected chi connectivity index (χ0v) is 14.7. The lowest BCUT2D eigenvalue weighted by Crippen LogP contribution is -2.24. The van der Waals surface area contributed by atoms with Crippen LogP contribution in [0.1, 0.15) is 48.4 Å². The Hall–Kier alpha value is -1.46. The molecule has 5 heteroatoms. The molecule has 4 nitrogen and oxygen atoms in total. The van der Waals surface area contributed by atoms with Gasteiger partial charge >= 0.3 is 0 Å². The number of hydrogen-bond acceptors (Lipinski definition) is 4. The van der Waals surface area contributed by atoms with Gasteiger partial charge in [0.15, 0.2) is 0 Å². The quantitative estimate of drug-likeness (QED) is 0.885. The van der Waals surface area contributed by atoms with Crippen molar-refractivity contribution in [2.24, 2.45) is 0 Å². The number of rotatable bonds is 6. The third-order valence-electron chi connectivity index (χ3n) is 4.02. The highest BCUT2D eigenvalue weighted by Crippen LogP contribution is 2.23. The molecule has 0 amide bonds. The van der Waals surface area contributed by atoms with E-state index in [0.717, 1.165) is 22.9 Å². The normalized spacial score (nSPS) is 15.5. The summed E-state index contributed by atoms with van der Waals surface area (Å²) in [6, 6.07) is 8.18. The Labute approximate surface area is 134 Å². The van der Waals surface area contributed by atoms with E-state index in [9.17, 15) is 4.21 Å². The lowest BCUT2D eigenvalue weighted by molar-refractivity contribution is 0.391. The Morgan fingerprint density at radius 2 is 1.86 bits per heavy atom. The van der Waals surface area contributed by atoms with Crippen molar-refractivity contribution in [3.05, 3.63) is 46.8 Å². The lowest BCUT2D eigenvalue weighted by atomic mass is 9.98. The van der Waals surface area contributed by atoms with E-state index in [1.165, 1.54) is 11.1 Å². The van der Waals surface area contributed by atoms with Gasteiger partial charge < -0.3 is 9.84 Å². The largest absolute Gasteiger partial charge is 0.361 e. The van der Waals surface area contributed by atoms with E-state index in [1.807, 2.05) is 38.1 Å². The highest BCUT2D eigenvalue weighted by Gasteiger charge is 2.17. The Balaban J connectivity index is 1.97. The molecule has 0 radical (unpaired) electrons. The van der Waals surface area contributed by atoms with Crippen molar-refractivity contribution in [2.75, 3.05) is 12.8 Å². The molecule has 3 atom stereocenters. The zero-order chi connectivity index (χ0) is 16.3. The smallest absolute Gasteiger partial charge is 0.137 e. The summed E-state index contributed by atoms with van der Waals surface area (Å²) in [5.41, 5.74) is 3.35. The highest BCUT2D eigenvalue weighted by molar-refractivity contribution is 7.84. The van der Waals surface area contributed by atoms with Gasteiger partial charge in [-0.25, -0.2) is 0 Å². The van der Waals surface area contributed by atoms with Crippen LogP contribution in [-0.4, -0.2) is 22.2 Å². The zero-order valence-electron chi connectivity index (χ0n) is 13.8. The van der Waals surface area contributed by atoms with Crippen LogP contribution in [0.3, 0.4) is 0 Å². The van der Waals surface area contributed by atoms with E-state index in [-0.39, 0.29) is 6.04 Å². The fraction of sp³-hybridized carbons (Fsp3) is 0.471. The summed E-state index contributed by atoms with van der Waals surface area (Å²) in [5, 5.41) is 7.56. The second-order valence-corrected chi connectivity index (χ2v) is 7.17. The summed E-state index contributed by atoms with van der Waals surface area (Å²) >= 11 is 0. The minimum absolute atomic E-state index is 0.238. The average Bonchev–Trinajstić information content (AvgIpc) is 2.83. The van der Waals surface area contributed by atoms with Crippen molar-refractivity contribution in [1.29, 1.82) is 0 Å². The molecule has 22 heavy (non-hydrogen) atoms. The minimum Gasteiger partial charge on any atom is -0.361 e. The Kier molecular flexibility index (Phi) is 5.53. The van der Waals surface area contributed by atoms with E-state index < -0.39 is 10.8 Å². The first-order valence-electron chi connectivity index (χ1n) is 7.49. The molecule has 0 unspecified atom stereocenters. The molecule has 0 saturated carbocycles. The van der Waals surface area contributed by atoms with Crippen molar-refractivity contribution in [3.8, 4) is 0 Å². The maximum absolute atomic E-state index is 11.4. The van der Waals surface area contributed by atoms with Gasteiger partial charge in [-0.2, -0.15) is 0 Å². The van der Waals surface area contributed by atoms with Crippen molar-refractivity contribution in [2.45, 2.75) is 44.6 Å². The number of hydrogen-bond donors (Lipinski definition) is 1. The molecule has 0 saturated heterocycles. The molecule has 1 heterocycles. The Bertz CT molecular complexity index is 630. The van der Waals surface area contributed by atoms with Gasteiger partial charge in [-0.1, -0.05) is 24.2 Å². The van der Waals surface area contributed by atoms with E-state index in [1.54, 1.807) is 6.26 Å². The standard InChI is InChI=1S/C17H24N2O2S/c1-11(17-13(3)19-21-14(17)4)10-18-12(2)15-6-8-16(9-7-15)22(5)20/h6-9,11-12,18H,10H2,1-5H3/t11-,12-,22+/m1/s1. The summed E-state index contributed by atoms with van der Waals surface area (Å²) in [4.78, 5) is 0.861. The maximum atomic E-state index is 11.4. The number of benzene rings is 1. The Morgan fingerprint density at radius 3 is 2.36 bits per heavy atom. The van der Waals surface area contributed by atoms with Gasteiger partial charge in [-0.3, -0.25) is 4.21 Å². The molecule has 2 rings (SSSR count). The Morgan fingerprint density at radius 1 is 1.23 bits per heavy atom. The van der Waals surface area contributed by atoms with Crippen LogP contribution in [-0.2, 0) is 10.8 Å². The average molecular weight is 320 g/mol. The molecule has 0 spiro atoms. The second kappa shape index (κ2) is 7.20. The number of nitrogens with one attached hydrogen (secondary N) is 1. The molecular formula is C17H24N2O2S. The third kappa shape index (κ3) is 3.84. The van der Waals surface area contributed by atoms with Crippen LogP contribution < -0.4 is 5.32 Å². The van der Waals surface area contributed by atoms with Crippen molar-refractivity contribution >= 4 is 10.8 Å². The highest BCUT2D eigenvalue weighted by atomic mass is 32.2. The molecule has 0 bridgehead atoms. The van der Waals surface area contributed by atoms with Crippen molar-refractivity contribution in [1.82, 2.24) is 10.5 Å². The maximum Gasteiger partial charge on any atom is 0.137 e. The van der Waals surface area contributed by atoms with Crippen LogP contribution in [0.5, 0.6) is 0 Å². The van der Waals surface area contributed by atoms with Crippen LogP contribution in [0.15, 0.2) is 33.7 Å². The summed E-state index contributed by atoms with van der Waals surface area (Å²) in [7, 11) is -0.925. The predicted molar refractivity (Wildman–Crippen MR) is 89.6 cm³/mol. The second-order valence-electron chi connectivity index (χ2n) is 5.79. The molecule has 0 aliphatic rings. The van der Waals surface area contributed by atoms with Gasteiger partial charge in [0.2, 0.25) is 0 Å². The minimum atomic E-state index is -0.925. The number of aryl methyl sites for hydroxylation is 2. The molecule has 0 aliphatic carbocycles. The van der Waals surface area contributed by atoms with Crippen molar-refractivity contribution in [3.63, 3.8) is 0 Å². The first-order chi connectivity index (χ1) is 10.4. The number of nitrogens with zero attached hydrogens (tertiary/aromatic N) is 1. The van der Waals surface area contributed by atoms with E-state index in [4.69, 9.17) is 4.52 Å². The fourth-order valence-electron chi connectivity index (χ4n) is 2.72. The van der Waals surface area contributed by atoms with Gasteiger partial charge in [0, 0.05) is 40.1 Å². The molecule has 1 aromatic heterocycles. The monoisotopic (exact) mass is 320 g/mol. The summed E-state index contributed by atoms with van der Waals surface area (Å²) in [6.45, 7) is 9.10. The van der Waals surface area contributed by atoms with Gasteiger partial charge in [-0.05, 0) is 44.4 Å². The van der Waals surface area contributed by atoms with Crippen LogP contribution >= 0.6 is 0 Å². The summed E-state index contributed by atoms with van der Waals surface area (Å²) < 4.78 is 16.7. The molecule has 1 N–H and O–H groups in total. The van der Waals surface area contributed by atoms with Crippen LogP contribution in [0.25, 0.3) is 0 Å². The van der Waals surface area contributed by atoms with Gasteiger partial charge in [0.1, 0.15) is 5.76 Å². The van der Waals surface area contributed by atoms with Crippen LogP contribution in [0.4, 0.5) is 0 Å². The fourth-order valence-corrected chi connectivity index (χ4v) is 3.23. The van der Waals surface area contributed by atoms with Crippen molar-refractivity contribution < 1.29 is 8.73 Å². The summed E-state index contributed by atoms with van der Waals surface area (Å²) in [5.74, 6) is 1.24. The predicted octanol–water partition coefficient (Wildman–Crippen LogP) is 3.48. The van der Waals surface area contributed by atoms with Crippen LogP contribution in [0.2, 0.25) is 0 Å². The molecule has 1 aromatic carbocycles. The molecule has 0 aliphatic heterocycles. The molecular weight excluding hydrogens is 296 g/mol. The van der Waals surface area contributed by atoms with Gasteiger partial charge in [0.05, 0.1) is 5.69 Å².